The first-order chi connectivity index (χ1) is 36.8. The molecule has 0 radical (unpaired) electrons. The number of likely N-dealkylation sites (N-methyl/N-ethyl adjacent to an activating group) is 3. The van der Waals surface area contributed by atoms with E-state index >= 15 is 0 Å². The number of nitrogens with zero attached hydrogens (tertiary/aromatic N) is 7. The third-order valence-corrected chi connectivity index (χ3v) is 14.8. The lowest BCUT2D eigenvalue weighted by molar-refractivity contribution is -0.197. The Morgan fingerprint density at radius 3 is 2.25 bits per heavy atom. The van der Waals surface area contributed by atoms with Crippen LogP contribution in [-0.4, -0.2) is 180 Å². The van der Waals surface area contributed by atoms with E-state index in [4.69, 9.17) is 19.3 Å². The van der Waals surface area contributed by atoms with Crippen molar-refractivity contribution in [1.29, 1.82) is 0 Å². The summed E-state index contributed by atoms with van der Waals surface area (Å²) in [6.07, 6.45) is 1.70. The molecule has 0 spiro atoms. The maximum atomic E-state index is 14.3. The Hall–Kier alpha value is -7.11. The van der Waals surface area contributed by atoms with E-state index in [1.54, 1.807) is 38.5 Å². The molecule has 23 heteroatoms. The second kappa shape index (κ2) is 25.4. The van der Waals surface area contributed by atoms with Crippen LogP contribution >= 0.6 is 0 Å². The number of aryl methyl sites for hydroxylation is 1. The lowest BCUT2D eigenvalue weighted by Gasteiger charge is -2.37. The number of nitrogens with one attached hydrogen (secondary N) is 3. The molecule has 6 amide bonds. The van der Waals surface area contributed by atoms with E-state index in [0.717, 1.165) is 22.0 Å². The van der Waals surface area contributed by atoms with Gasteiger partial charge in [0.05, 0.1) is 42.1 Å². The largest absolute Gasteiger partial charge is 0.457 e. The van der Waals surface area contributed by atoms with Gasteiger partial charge in [-0.15, -0.1) is 5.06 Å². The summed E-state index contributed by atoms with van der Waals surface area (Å²) in [7, 11) is 5.68. The number of cyclic esters (lactones) is 1. The second-order valence-corrected chi connectivity index (χ2v) is 20.6. The number of carbonyl (C=O) groups is 9. The number of imide groups is 1. The zero-order valence-electron chi connectivity index (χ0n) is 45.2. The number of hydrogen-bond acceptors (Lipinski definition) is 17. The van der Waals surface area contributed by atoms with Gasteiger partial charge in [-0.25, -0.2) is 19.4 Å². The van der Waals surface area contributed by atoms with Crippen molar-refractivity contribution in [2.45, 2.75) is 116 Å². The zero-order valence-corrected chi connectivity index (χ0v) is 45.2. The number of para-hydroxylation sites is 1. The van der Waals surface area contributed by atoms with E-state index in [1.807, 2.05) is 43.3 Å². The van der Waals surface area contributed by atoms with Gasteiger partial charge in [-0.3, -0.25) is 38.5 Å². The molecule has 3 N–H and O–H groups in total. The van der Waals surface area contributed by atoms with Gasteiger partial charge >= 0.3 is 17.9 Å². The van der Waals surface area contributed by atoms with E-state index in [1.165, 1.54) is 4.90 Å². The molecule has 0 saturated carbocycles. The Balaban J connectivity index is 0.842. The summed E-state index contributed by atoms with van der Waals surface area (Å²) in [5.74, 6) is -5.76. The summed E-state index contributed by atoms with van der Waals surface area (Å²) in [5.41, 5.74) is 1.93. The van der Waals surface area contributed by atoms with Crippen molar-refractivity contribution in [2.24, 2.45) is 5.92 Å². The fourth-order valence-electron chi connectivity index (χ4n) is 10.2. The topological polar surface area (TPSA) is 268 Å². The van der Waals surface area contributed by atoms with Gasteiger partial charge in [0.1, 0.15) is 18.7 Å². The maximum absolute atomic E-state index is 14.3. The second-order valence-electron chi connectivity index (χ2n) is 20.6. The Labute approximate surface area is 447 Å². The first-order valence-corrected chi connectivity index (χ1v) is 26.6. The van der Waals surface area contributed by atoms with Gasteiger partial charge < -0.3 is 49.5 Å². The molecule has 23 nitrogen and oxygen atoms in total. The van der Waals surface area contributed by atoms with Crippen molar-refractivity contribution < 1.29 is 57.5 Å². The van der Waals surface area contributed by atoms with Gasteiger partial charge in [0.15, 0.2) is 0 Å². The molecule has 4 aliphatic rings. The minimum absolute atomic E-state index is 0.00974. The van der Waals surface area contributed by atoms with Crippen LogP contribution in [0.25, 0.3) is 22.3 Å². The number of pyridine rings is 2. The molecule has 7 rings (SSSR count). The van der Waals surface area contributed by atoms with Gasteiger partial charge in [0.2, 0.25) is 29.2 Å². The van der Waals surface area contributed by atoms with Gasteiger partial charge in [0, 0.05) is 88.0 Å². The van der Waals surface area contributed by atoms with Crippen molar-refractivity contribution in [3.05, 3.63) is 62.9 Å². The lowest BCUT2D eigenvalue weighted by atomic mass is 9.85. The smallest absolute Gasteiger partial charge is 0.355 e. The van der Waals surface area contributed by atoms with Crippen LogP contribution in [0.4, 0.5) is 0 Å². The highest BCUT2D eigenvalue weighted by atomic mass is 16.7. The molecule has 2 aromatic heterocycles. The SMILES string of the molecule is CCc1c2c(nc3ccccc13)-c1cc3c(c(=O)n1C2)COC(=O)[C@@]3(CC)OC(=O)[C@@H](NC(=O)[C@@H]1CCCN1C(=O)CNC(=O)CN(C)CCN(C)CCN(C)CCNC(=O)CCCC(=O)ON1C(=O)CCC1=O)C(C)C. The number of aromatic nitrogens is 2. The molecule has 416 valence electrons. The van der Waals surface area contributed by atoms with Crippen LogP contribution in [0.15, 0.2) is 35.1 Å². The van der Waals surface area contributed by atoms with Gasteiger partial charge in [-0.05, 0) is 76.9 Å². The molecule has 2 fully saturated rings. The standard InChI is InChI=1S/C54H72N10O13/c1-8-34-35-14-10-11-15-39(35)57-49-36(34)30-63-41(49)28-38-37(51(63)72)32-75-53(74)54(38,9-2)76-52(73)48(33(3)4)58-50(71)40-16-13-22-62(40)46(69)29-56-43(66)31-61(7)27-26-60(6)25-24-59(5)23-21-55-42(65)17-12-18-47(70)77-64-44(67)19-20-45(64)68/h10-11,14-15,28,33,40,48H,8-9,12-13,16-27,29-32H2,1-7H3,(H,55,65)(H,56,66)(H,58,71)/t40-,48-,54-/m0/s1. The molecule has 77 heavy (non-hydrogen) atoms. The summed E-state index contributed by atoms with van der Waals surface area (Å²) in [4.78, 5) is 148. The minimum atomic E-state index is -2.00. The highest BCUT2D eigenvalue weighted by Crippen LogP contribution is 2.42. The normalized spacial score (nSPS) is 18.2. The van der Waals surface area contributed by atoms with E-state index in [0.29, 0.717) is 75.0 Å². The van der Waals surface area contributed by atoms with Crippen LogP contribution in [0.2, 0.25) is 0 Å². The summed E-state index contributed by atoms with van der Waals surface area (Å²) < 4.78 is 13.4. The number of esters is 2. The monoisotopic (exact) mass is 1070 g/mol. The van der Waals surface area contributed by atoms with Crippen LogP contribution < -0.4 is 21.5 Å². The number of carbonyl (C=O) groups excluding carboxylic acids is 9. The summed E-state index contributed by atoms with van der Waals surface area (Å²) in [6, 6.07) is 7.32. The Bertz CT molecular complexity index is 2840. The molecule has 1 aromatic carbocycles. The summed E-state index contributed by atoms with van der Waals surface area (Å²) >= 11 is 0. The van der Waals surface area contributed by atoms with Gasteiger partial charge in [0.25, 0.3) is 17.4 Å². The average molecular weight is 1070 g/mol. The molecule has 3 atom stereocenters. The van der Waals surface area contributed by atoms with Crippen molar-refractivity contribution in [3.63, 3.8) is 0 Å². The summed E-state index contributed by atoms with van der Waals surface area (Å²) in [6.45, 7) is 10.7. The molecular formula is C54H72N10O13. The number of amides is 6. The first-order valence-electron chi connectivity index (χ1n) is 26.6. The number of hydroxylamine groups is 2. The molecule has 0 unspecified atom stereocenters. The van der Waals surface area contributed by atoms with E-state index in [2.05, 4.69) is 32.7 Å². The molecule has 2 saturated heterocycles. The zero-order chi connectivity index (χ0) is 55.7. The fourth-order valence-corrected chi connectivity index (χ4v) is 10.2. The van der Waals surface area contributed by atoms with Crippen molar-refractivity contribution in [3.8, 4) is 11.4 Å². The Kier molecular flexibility index (Phi) is 19.0. The third kappa shape index (κ3) is 13.2. The quantitative estimate of drug-likeness (QED) is 0.0620. The van der Waals surface area contributed by atoms with E-state index < -0.39 is 65.1 Å². The number of fused-ring (bicyclic) bond motifs is 5. The molecule has 0 bridgehead atoms. The number of likely N-dealkylation sites (tertiary alicyclic amines) is 1. The van der Waals surface area contributed by atoms with Crippen LogP contribution in [-0.2, 0) is 82.6 Å². The van der Waals surface area contributed by atoms with Crippen LogP contribution in [0, 0.1) is 5.92 Å². The summed E-state index contributed by atoms with van der Waals surface area (Å²) in [5, 5.41) is 9.78. The fraction of sp³-hybridized carbons (Fsp3) is 0.574. The predicted octanol–water partition coefficient (Wildman–Crippen LogP) is 1.13. The molecule has 0 aliphatic carbocycles. The van der Waals surface area contributed by atoms with E-state index in [-0.39, 0.29) is 99.8 Å². The predicted molar refractivity (Wildman–Crippen MR) is 279 cm³/mol. The number of hydrogen-bond donors (Lipinski definition) is 3. The van der Waals surface area contributed by atoms with Gasteiger partial charge in [-0.1, -0.05) is 45.9 Å². The van der Waals surface area contributed by atoms with Crippen molar-refractivity contribution >= 4 is 64.3 Å². The molecule has 4 aliphatic heterocycles. The average Bonchev–Trinajstić information content (AvgIpc) is 4.38. The number of ether oxygens (including phenoxy) is 2. The van der Waals surface area contributed by atoms with Gasteiger partial charge in [-0.2, -0.15) is 0 Å². The first kappa shape index (κ1) is 57.6. The van der Waals surface area contributed by atoms with Crippen molar-refractivity contribution in [1.82, 2.24) is 50.2 Å². The van der Waals surface area contributed by atoms with Crippen LogP contribution in [0.5, 0.6) is 0 Å². The number of benzene rings is 1. The highest BCUT2D eigenvalue weighted by molar-refractivity contribution is 6.01. The molecular weight excluding hydrogens is 997 g/mol. The highest BCUT2D eigenvalue weighted by Gasteiger charge is 2.52. The molecule has 6 heterocycles. The van der Waals surface area contributed by atoms with Crippen LogP contribution in [0.1, 0.15) is 101 Å². The third-order valence-electron chi connectivity index (χ3n) is 14.8. The molecule has 3 aromatic rings. The Morgan fingerprint density at radius 1 is 0.870 bits per heavy atom. The minimum Gasteiger partial charge on any atom is -0.457 e. The Morgan fingerprint density at radius 2 is 1.56 bits per heavy atom. The van der Waals surface area contributed by atoms with Crippen molar-refractivity contribution in [2.75, 3.05) is 80.0 Å². The lowest BCUT2D eigenvalue weighted by Crippen LogP contribution is -2.56. The van der Waals surface area contributed by atoms with E-state index in [9.17, 15) is 47.9 Å². The van der Waals surface area contributed by atoms with Crippen LogP contribution in [0.3, 0.4) is 0 Å². The number of rotatable bonds is 25. The maximum Gasteiger partial charge on any atom is 0.355 e.